The van der Waals surface area contributed by atoms with Crippen molar-refractivity contribution in [2.24, 2.45) is 0 Å². The number of nitrogens with zero attached hydrogens (tertiary/aromatic N) is 3. The van der Waals surface area contributed by atoms with E-state index in [9.17, 15) is 9.59 Å². The maximum atomic E-state index is 12.8. The van der Waals surface area contributed by atoms with Gasteiger partial charge in [-0.2, -0.15) is 0 Å². The lowest BCUT2D eigenvalue weighted by molar-refractivity contribution is -0.139. The standard InChI is InChI=1S/C30H25N5O5/c1-38-29(36)25-11-3-4-16-35(26(25)30(37)39-2)22-9-5-7-19(17-22)27-32-28(34-33-27)20-8-6-10-24(18-20)40-23-14-12-21(31)13-15-23/h3-18H,31H2,1-2H3,(H,32,33,34). The van der Waals surface area contributed by atoms with Gasteiger partial charge in [-0.15, -0.1) is 10.2 Å². The second-order valence-electron chi connectivity index (χ2n) is 8.59. The van der Waals surface area contributed by atoms with Crippen molar-refractivity contribution in [3.63, 3.8) is 0 Å². The number of nitrogens with two attached hydrogens (primary N) is 1. The Bertz CT molecular complexity index is 1650. The number of carbonyl (C=O) groups excluding carboxylic acids is 2. The third kappa shape index (κ3) is 5.46. The largest absolute Gasteiger partial charge is 0.465 e. The normalized spacial score (nSPS) is 12.7. The topological polar surface area (TPSA) is 133 Å². The summed E-state index contributed by atoms with van der Waals surface area (Å²) in [6, 6.07) is 21.9. The van der Waals surface area contributed by atoms with Crippen molar-refractivity contribution in [2.45, 2.75) is 0 Å². The predicted octanol–water partition coefficient (Wildman–Crippen LogP) is 5.00. The molecular formula is C30H25N5O5. The van der Waals surface area contributed by atoms with Crippen LogP contribution in [0.4, 0.5) is 11.4 Å². The first-order valence-corrected chi connectivity index (χ1v) is 12.2. The molecule has 0 atom stereocenters. The zero-order chi connectivity index (χ0) is 28.1. The summed E-state index contributed by atoms with van der Waals surface area (Å²) in [5, 5.41) is 8.65. The van der Waals surface area contributed by atoms with E-state index in [2.05, 4.69) is 15.2 Å². The van der Waals surface area contributed by atoms with Crippen LogP contribution in [0.1, 0.15) is 0 Å². The summed E-state index contributed by atoms with van der Waals surface area (Å²) in [6.07, 6.45) is 6.52. The number of ether oxygens (including phenoxy) is 3. The molecule has 1 aliphatic rings. The molecule has 40 heavy (non-hydrogen) atoms. The molecular weight excluding hydrogens is 510 g/mol. The van der Waals surface area contributed by atoms with Gasteiger partial charge in [-0.1, -0.05) is 30.3 Å². The molecule has 200 valence electrons. The number of nitrogens with one attached hydrogen (secondary N) is 1. The lowest BCUT2D eigenvalue weighted by atomic mass is 10.1. The van der Waals surface area contributed by atoms with Gasteiger partial charge in [0.1, 0.15) is 17.2 Å². The van der Waals surface area contributed by atoms with Crippen LogP contribution >= 0.6 is 0 Å². The number of benzene rings is 3. The molecule has 1 aromatic heterocycles. The Hall–Kier alpha value is -5.64. The summed E-state index contributed by atoms with van der Waals surface area (Å²) >= 11 is 0. The smallest absolute Gasteiger partial charge is 0.355 e. The van der Waals surface area contributed by atoms with E-state index in [1.807, 2.05) is 42.5 Å². The quantitative estimate of drug-likeness (QED) is 0.248. The average Bonchev–Trinajstić information content (AvgIpc) is 3.38. The van der Waals surface area contributed by atoms with E-state index in [0.29, 0.717) is 40.1 Å². The third-order valence-corrected chi connectivity index (χ3v) is 6.00. The molecule has 0 bridgehead atoms. The maximum absolute atomic E-state index is 12.8. The highest BCUT2D eigenvalue weighted by atomic mass is 16.5. The minimum absolute atomic E-state index is 0.0210. The number of esters is 2. The number of anilines is 2. The number of rotatable bonds is 7. The van der Waals surface area contributed by atoms with Crippen molar-refractivity contribution in [1.82, 2.24) is 15.2 Å². The van der Waals surface area contributed by atoms with Gasteiger partial charge in [-0.25, -0.2) is 9.59 Å². The fourth-order valence-corrected chi connectivity index (χ4v) is 4.07. The number of carbonyl (C=O) groups is 2. The van der Waals surface area contributed by atoms with Gasteiger partial charge in [-0.05, 0) is 60.7 Å². The van der Waals surface area contributed by atoms with Gasteiger partial charge in [0.05, 0.1) is 19.8 Å². The molecule has 3 aromatic carbocycles. The lowest BCUT2D eigenvalue weighted by Gasteiger charge is -2.23. The van der Waals surface area contributed by atoms with Crippen LogP contribution in [0.25, 0.3) is 22.8 Å². The van der Waals surface area contributed by atoms with Crippen molar-refractivity contribution < 1.29 is 23.8 Å². The molecule has 0 saturated heterocycles. The van der Waals surface area contributed by atoms with Gasteiger partial charge < -0.3 is 29.8 Å². The van der Waals surface area contributed by atoms with Crippen LogP contribution in [0.2, 0.25) is 0 Å². The Kier molecular flexibility index (Phi) is 7.41. The van der Waals surface area contributed by atoms with E-state index in [-0.39, 0.29) is 11.3 Å². The molecule has 0 saturated carbocycles. The minimum atomic E-state index is -0.690. The molecule has 10 nitrogen and oxygen atoms in total. The van der Waals surface area contributed by atoms with Crippen LogP contribution in [0.15, 0.2) is 108 Å². The summed E-state index contributed by atoms with van der Waals surface area (Å²) in [5.41, 5.74) is 8.58. The van der Waals surface area contributed by atoms with E-state index in [1.165, 1.54) is 20.3 Å². The van der Waals surface area contributed by atoms with Crippen LogP contribution in [-0.2, 0) is 19.1 Å². The summed E-state index contributed by atoms with van der Waals surface area (Å²) < 4.78 is 15.8. The number of hydrogen-bond acceptors (Lipinski definition) is 9. The molecule has 0 amide bonds. The Balaban J connectivity index is 1.45. The second-order valence-corrected chi connectivity index (χ2v) is 8.59. The number of nitrogen functional groups attached to an aromatic ring is 1. The molecule has 2 heterocycles. The van der Waals surface area contributed by atoms with E-state index >= 15 is 0 Å². The Morgan fingerprint density at radius 3 is 2.17 bits per heavy atom. The molecule has 1 aliphatic heterocycles. The molecule has 10 heteroatoms. The van der Waals surface area contributed by atoms with Gasteiger partial charge in [0.15, 0.2) is 11.6 Å². The van der Waals surface area contributed by atoms with Crippen molar-refractivity contribution in [3.05, 3.63) is 108 Å². The van der Waals surface area contributed by atoms with Gasteiger partial charge in [-0.3, -0.25) is 0 Å². The molecule has 0 fully saturated rings. The lowest BCUT2D eigenvalue weighted by Crippen LogP contribution is -2.26. The number of aromatic amines is 1. The highest BCUT2D eigenvalue weighted by Gasteiger charge is 2.27. The zero-order valence-corrected chi connectivity index (χ0v) is 21.7. The molecule has 0 unspecified atom stereocenters. The number of aromatic nitrogens is 3. The highest BCUT2D eigenvalue weighted by molar-refractivity contribution is 6.05. The van der Waals surface area contributed by atoms with Gasteiger partial charge in [0.25, 0.3) is 0 Å². The van der Waals surface area contributed by atoms with Gasteiger partial charge in [0.2, 0.25) is 0 Å². The number of H-pyrrole nitrogens is 1. The van der Waals surface area contributed by atoms with Crippen LogP contribution < -0.4 is 15.4 Å². The number of allylic oxidation sites excluding steroid dienone is 2. The van der Waals surface area contributed by atoms with Gasteiger partial charge >= 0.3 is 11.9 Å². The van der Waals surface area contributed by atoms with Gasteiger partial charge in [0, 0.05) is 28.7 Å². The van der Waals surface area contributed by atoms with Crippen molar-refractivity contribution in [1.29, 1.82) is 0 Å². The second kappa shape index (κ2) is 11.4. The summed E-state index contributed by atoms with van der Waals surface area (Å²) in [5.74, 6) is 0.997. The first kappa shape index (κ1) is 26.0. The minimum Gasteiger partial charge on any atom is -0.465 e. The highest BCUT2D eigenvalue weighted by Crippen LogP contribution is 2.31. The number of hydrogen-bond donors (Lipinski definition) is 2. The molecule has 0 radical (unpaired) electrons. The maximum Gasteiger partial charge on any atom is 0.355 e. The van der Waals surface area contributed by atoms with Crippen molar-refractivity contribution in [3.8, 4) is 34.3 Å². The molecule has 4 aromatic rings. The fourth-order valence-electron chi connectivity index (χ4n) is 4.07. The molecule has 5 rings (SSSR count). The van der Waals surface area contributed by atoms with Crippen LogP contribution in [0.3, 0.4) is 0 Å². The van der Waals surface area contributed by atoms with E-state index in [0.717, 1.165) is 5.56 Å². The van der Waals surface area contributed by atoms with E-state index < -0.39 is 11.9 Å². The summed E-state index contributed by atoms with van der Waals surface area (Å²) in [4.78, 5) is 30.0. The summed E-state index contributed by atoms with van der Waals surface area (Å²) in [7, 11) is 2.51. The Labute approximate surface area is 230 Å². The zero-order valence-electron chi connectivity index (χ0n) is 21.7. The first-order chi connectivity index (χ1) is 19.5. The predicted molar refractivity (Wildman–Crippen MR) is 150 cm³/mol. The molecule has 0 spiro atoms. The van der Waals surface area contributed by atoms with Crippen LogP contribution in [0, 0.1) is 0 Å². The molecule has 0 aliphatic carbocycles. The Morgan fingerprint density at radius 1 is 0.800 bits per heavy atom. The average molecular weight is 536 g/mol. The van der Waals surface area contributed by atoms with Crippen molar-refractivity contribution in [2.75, 3.05) is 24.9 Å². The summed E-state index contributed by atoms with van der Waals surface area (Å²) in [6.45, 7) is 0. The van der Waals surface area contributed by atoms with Crippen molar-refractivity contribution >= 4 is 23.3 Å². The number of methoxy groups -OCH3 is 2. The monoisotopic (exact) mass is 535 g/mol. The fraction of sp³-hybridized carbons (Fsp3) is 0.0667. The van der Waals surface area contributed by atoms with E-state index in [4.69, 9.17) is 19.9 Å². The third-order valence-electron chi connectivity index (χ3n) is 6.00. The SMILES string of the molecule is COC(=O)C1=C(C(=O)OC)N(c2cccc(-c3nnc(-c4cccc(Oc5ccc(N)cc5)c4)[nH]3)c2)C=CC=C1. The molecule has 3 N–H and O–H groups in total. The van der Waals surface area contributed by atoms with E-state index in [1.54, 1.807) is 53.6 Å². The van der Waals surface area contributed by atoms with Crippen LogP contribution in [-0.4, -0.2) is 41.3 Å². The Morgan fingerprint density at radius 2 is 1.48 bits per heavy atom. The van der Waals surface area contributed by atoms with Crippen LogP contribution in [0.5, 0.6) is 11.5 Å². The first-order valence-electron chi connectivity index (χ1n) is 12.2.